The fourth-order valence-electron chi connectivity index (χ4n) is 1.54. The van der Waals surface area contributed by atoms with Gasteiger partial charge in [-0.05, 0) is 39.4 Å². The minimum absolute atomic E-state index is 0.544. The molecule has 0 aromatic carbocycles. The van der Waals surface area contributed by atoms with Gasteiger partial charge in [0.25, 0.3) is 0 Å². The van der Waals surface area contributed by atoms with Crippen molar-refractivity contribution in [3.8, 4) is 0 Å². The highest BCUT2D eigenvalue weighted by Gasteiger charge is 2.08. The Hall–Kier alpha value is -0.800. The average Bonchev–Trinajstić information content (AvgIpc) is 2.65. The van der Waals surface area contributed by atoms with E-state index in [-0.39, 0.29) is 0 Å². The van der Waals surface area contributed by atoms with Gasteiger partial charge in [0.1, 0.15) is 5.76 Å². The summed E-state index contributed by atoms with van der Waals surface area (Å²) >= 11 is 0. The van der Waals surface area contributed by atoms with E-state index in [0.717, 1.165) is 25.4 Å². The Labute approximate surface area is 105 Å². The third kappa shape index (κ3) is 5.37. The van der Waals surface area contributed by atoms with Crippen LogP contribution in [0.2, 0.25) is 0 Å². The SMILES string of the molecule is CC(C)CNCc1coc(CN(C)C(C)C)c1. The van der Waals surface area contributed by atoms with Crippen LogP contribution < -0.4 is 5.32 Å². The Morgan fingerprint density at radius 2 is 2.00 bits per heavy atom. The van der Waals surface area contributed by atoms with E-state index in [2.05, 4.69) is 51.0 Å². The summed E-state index contributed by atoms with van der Waals surface area (Å²) < 4.78 is 5.56. The van der Waals surface area contributed by atoms with Gasteiger partial charge in [0.15, 0.2) is 0 Å². The van der Waals surface area contributed by atoms with Gasteiger partial charge < -0.3 is 9.73 Å². The normalized spacial score (nSPS) is 12.0. The lowest BCUT2D eigenvalue weighted by Crippen LogP contribution is -2.25. The molecule has 0 aliphatic rings. The first-order chi connectivity index (χ1) is 7.99. The van der Waals surface area contributed by atoms with Gasteiger partial charge in [0, 0.05) is 18.2 Å². The minimum Gasteiger partial charge on any atom is -0.468 e. The molecule has 1 heterocycles. The minimum atomic E-state index is 0.544. The zero-order valence-corrected chi connectivity index (χ0v) is 11.8. The van der Waals surface area contributed by atoms with E-state index < -0.39 is 0 Å². The molecule has 0 bridgehead atoms. The second-order valence-electron chi connectivity index (χ2n) is 5.45. The predicted molar refractivity (Wildman–Crippen MR) is 71.9 cm³/mol. The Morgan fingerprint density at radius 1 is 1.29 bits per heavy atom. The number of hydrogen-bond donors (Lipinski definition) is 1. The van der Waals surface area contributed by atoms with Gasteiger partial charge in [-0.25, -0.2) is 0 Å². The van der Waals surface area contributed by atoms with E-state index in [1.54, 1.807) is 0 Å². The van der Waals surface area contributed by atoms with Crippen LogP contribution in [0.15, 0.2) is 16.7 Å². The predicted octanol–water partition coefficient (Wildman–Crippen LogP) is 2.87. The van der Waals surface area contributed by atoms with Crippen molar-refractivity contribution in [2.24, 2.45) is 5.92 Å². The lowest BCUT2D eigenvalue weighted by molar-refractivity contribution is 0.244. The van der Waals surface area contributed by atoms with E-state index in [1.807, 2.05) is 6.26 Å². The highest BCUT2D eigenvalue weighted by Crippen LogP contribution is 2.11. The Morgan fingerprint density at radius 3 is 2.59 bits per heavy atom. The molecule has 0 unspecified atom stereocenters. The highest BCUT2D eigenvalue weighted by molar-refractivity contribution is 5.12. The summed E-state index contributed by atoms with van der Waals surface area (Å²) in [5.74, 6) is 1.73. The molecule has 0 fully saturated rings. The number of hydrogen-bond acceptors (Lipinski definition) is 3. The molecule has 0 saturated carbocycles. The van der Waals surface area contributed by atoms with Gasteiger partial charge in [-0.1, -0.05) is 13.8 Å². The molecule has 1 N–H and O–H groups in total. The standard InChI is InChI=1S/C14H26N2O/c1-11(2)7-15-8-13-6-14(17-10-13)9-16(5)12(3)4/h6,10-12,15H,7-9H2,1-5H3. The molecule has 0 radical (unpaired) electrons. The molecule has 3 nitrogen and oxygen atoms in total. The molecular formula is C14H26N2O. The fraction of sp³-hybridized carbons (Fsp3) is 0.714. The molecule has 98 valence electrons. The van der Waals surface area contributed by atoms with Gasteiger partial charge in [0.05, 0.1) is 12.8 Å². The third-order valence-corrected chi connectivity index (χ3v) is 2.88. The van der Waals surface area contributed by atoms with Crippen molar-refractivity contribution in [1.82, 2.24) is 10.2 Å². The number of rotatable bonds is 7. The molecule has 0 aliphatic heterocycles. The molecule has 1 rings (SSSR count). The average molecular weight is 238 g/mol. The van der Waals surface area contributed by atoms with Crippen molar-refractivity contribution in [3.05, 3.63) is 23.7 Å². The van der Waals surface area contributed by atoms with E-state index in [1.165, 1.54) is 5.56 Å². The molecule has 0 saturated heterocycles. The Balaban J connectivity index is 2.37. The molecule has 0 amide bonds. The van der Waals surface area contributed by atoms with Crippen molar-refractivity contribution >= 4 is 0 Å². The summed E-state index contributed by atoms with van der Waals surface area (Å²) in [5, 5.41) is 3.42. The lowest BCUT2D eigenvalue weighted by Gasteiger charge is -2.19. The maximum absolute atomic E-state index is 5.56. The molecule has 1 aromatic rings. The van der Waals surface area contributed by atoms with Crippen LogP contribution in [0.5, 0.6) is 0 Å². The molecule has 0 atom stereocenters. The zero-order valence-electron chi connectivity index (χ0n) is 11.8. The van der Waals surface area contributed by atoms with Crippen LogP contribution >= 0.6 is 0 Å². The summed E-state index contributed by atoms with van der Waals surface area (Å²) in [4.78, 5) is 2.27. The number of furan rings is 1. The molecule has 0 aliphatic carbocycles. The first kappa shape index (κ1) is 14.3. The van der Waals surface area contributed by atoms with Crippen LogP contribution in [0.1, 0.15) is 39.0 Å². The van der Waals surface area contributed by atoms with Gasteiger partial charge >= 0.3 is 0 Å². The summed E-state index contributed by atoms with van der Waals surface area (Å²) in [6, 6.07) is 2.69. The molecule has 17 heavy (non-hydrogen) atoms. The number of nitrogens with one attached hydrogen (secondary N) is 1. The second kappa shape index (κ2) is 6.82. The van der Waals surface area contributed by atoms with Crippen molar-refractivity contribution in [1.29, 1.82) is 0 Å². The van der Waals surface area contributed by atoms with Gasteiger partial charge in [-0.3, -0.25) is 4.90 Å². The van der Waals surface area contributed by atoms with Crippen molar-refractivity contribution in [2.45, 2.75) is 46.8 Å². The summed E-state index contributed by atoms with van der Waals surface area (Å²) in [6.45, 7) is 11.6. The first-order valence-electron chi connectivity index (χ1n) is 6.46. The Bertz CT molecular complexity index is 318. The summed E-state index contributed by atoms with van der Waals surface area (Å²) in [7, 11) is 2.11. The zero-order chi connectivity index (χ0) is 12.8. The monoisotopic (exact) mass is 238 g/mol. The van der Waals surface area contributed by atoms with E-state index in [0.29, 0.717) is 12.0 Å². The van der Waals surface area contributed by atoms with Gasteiger partial charge in [0.2, 0.25) is 0 Å². The van der Waals surface area contributed by atoms with Gasteiger partial charge in [-0.2, -0.15) is 0 Å². The van der Waals surface area contributed by atoms with Crippen molar-refractivity contribution < 1.29 is 4.42 Å². The smallest absolute Gasteiger partial charge is 0.118 e. The van der Waals surface area contributed by atoms with Crippen LogP contribution in [0.3, 0.4) is 0 Å². The van der Waals surface area contributed by atoms with Crippen LogP contribution in [-0.2, 0) is 13.1 Å². The lowest BCUT2D eigenvalue weighted by atomic mass is 10.2. The van der Waals surface area contributed by atoms with Crippen LogP contribution in [0, 0.1) is 5.92 Å². The van der Waals surface area contributed by atoms with E-state index in [4.69, 9.17) is 4.42 Å². The maximum atomic E-state index is 5.56. The molecule has 3 heteroatoms. The quantitative estimate of drug-likeness (QED) is 0.792. The van der Waals surface area contributed by atoms with Crippen LogP contribution in [0.25, 0.3) is 0 Å². The Kier molecular flexibility index (Phi) is 5.72. The third-order valence-electron chi connectivity index (χ3n) is 2.88. The van der Waals surface area contributed by atoms with E-state index in [9.17, 15) is 0 Å². The fourth-order valence-corrected chi connectivity index (χ4v) is 1.54. The van der Waals surface area contributed by atoms with Crippen LogP contribution in [-0.4, -0.2) is 24.5 Å². The molecule has 0 spiro atoms. The largest absolute Gasteiger partial charge is 0.468 e. The maximum Gasteiger partial charge on any atom is 0.118 e. The highest BCUT2D eigenvalue weighted by atomic mass is 16.3. The second-order valence-corrected chi connectivity index (χ2v) is 5.45. The summed E-state index contributed by atoms with van der Waals surface area (Å²) in [6.07, 6.45) is 1.86. The molecule has 1 aromatic heterocycles. The first-order valence-corrected chi connectivity index (χ1v) is 6.46. The summed E-state index contributed by atoms with van der Waals surface area (Å²) in [5.41, 5.74) is 1.23. The topological polar surface area (TPSA) is 28.4 Å². The van der Waals surface area contributed by atoms with Crippen LogP contribution in [0.4, 0.5) is 0 Å². The van der Waals surface area contributed by atoms with Gasteiger partial charge in [-0.15, -0.1) is 0 Å². The van der Waals surface area contributed by atoms with Crippen molar-refractivity contribution in [2.75, 3.05) is 13.6 Å². The van der Waals surface area contributed by atoms with Crippen molar-refractivity contribution in [3.63, 3.8) is 0 Å². The molecular weight excluding hydrogens is 212 g/mol. The van der Waals surface area contributed by atoms with E-state index >= 15 is 0 Å². The number of nitrogens with zero attached hydrogens (tertiary/aromatic N) is 1.